The van der Waals surface area contributed by atoms with Gasteiger partial charge in [-0.2, -0.15) is 0 Å². The van der Waals surface area contributed by atoms with Crippen LogP contribution in [-0.2, 0) is 16.0 Å². The number of nitrogens with one attached hydrogen (secondary N) is 1. The van der Waals surface area contributed by atoms with E-state index in [0.717, 1.165) is 22.3 Å². The van der Waals surface area contributed by atoms with Crippen LogP contribution in [0.15, 0.2) is 82.0 Å². The fourth-order valence-electron chi connectivity index (χ4n) is 4.71. The number of carbonyl (C=O) groups excluding carboxylic acids is 1. The minimum Gasteiger partial charge on any atom is -0.497 e. The summed E-state index contributed by atoms with van der Waals surface area (Å²) < 4.78 is 15.9. The zero-order valence-electron chi connectivity index (χ0n) is 19.4. The number of benzene rings is 3. The number of amides is 1. The molecule has 1 aromatic heterocycles. The van der Waals surface area contributed by atoms with Gasteiger partial charge in [-0.1, -0.05) is 48.5 Å². The van der Waals surface area contributed by atoms with Crippen molar-refractivity contribution in [2.24, 2.45) is 0 Å². The van der Waals surface area contributed by atoms with Crippen molar-refractivity contribution >= 4 is 23.0 Å². The second-order valence-electron chi connectivity index (χ2n) is 8.52. The third-order valence-electron chi connectivity index (χ3n) is 6.40. The third-order valence-corrected chi connectivity index (χ3v) is 6.40. The van der Waals surface area contributed by atoms with Gasteiger partial charge in [-0.25, -0.2) is 14.4 Å². The van der Waals surface area contributed by atoms with Gasteiger partial charge in [0.15, 0.2) is 0 Å². The molecule has 1 atom stereocenters. The highest BCUT2D eigenvalue weighted by molar-refractivity contribution is 5.85. The minimum atomic E-state index is -1.31. The number of methoxy groups -OCH3 is 1. The van der Waals surface area contributed by atoms with Crippen molar-refractivity contribution in [3.8, 4) is 16.9 Å². The highest BCUT2D eigenvalue weighted by Crippen LogP contribution is 2.44. The standard InChI is InChI=1S/C28H23NO7/c1-34-17-10-11-18-16(13-26(30)36-25(18)14-17)12-24(27(31)32)29-28(33)35-15-23-21-8-4-2-6-19(21)20-7-3-5-9-22(20)23/h2-11,13-14,23-24H,12,15H2,1H3,(H,29,33)(H,31,32). The Morgan fingerprint density at radius 1 is 1.00 bits per heavy atom. The fraction of sp³-hybridized carbons (Fsp3) is 0.179. The van der Waals surface area contributed by atoms with E-state index in [-0.39, 0.29) is 24.5 Å². The molecule has 0 aliphatic heterocycles. The predicted molar refractivity (Wildman–Crippen MR) is 132 cm³/mol. The van der Waals surface area contributed by atoms with Crippen LogP contribution in [0.3, 0.4) is 0 Å². The Labute approximate surface area is 206 Å². The molecule has 8 heteroatoms. The first-order valence-corrected chi connectivity index (χ1v) is 11.4. The monoisotopic (exact) mass is 485 g/mol. The van der Waals surface area contributed by atoms with E-state index in [1.54, 1.807) is 18.2 Å². The molecule has 2 N–H and O–H groups in total. The van der Waals surface area contributed by atoms with Crippen molar-refractivity contribution in [1.82, 2.24) is 5.32 Å². The summed E-state index contributed by atoms with van der Waals surface area (Å²) in [4.78, 5) is 36.7. The maximum atomic E-state index is 12.6. The van der Waals surface area contributed by atoms with Crippen LogP contribution in [0.2, 0.25) is 0 Å². The Morgan fingerprint density at radius 2 is 1.67 bits per heavy atom. The van der Waals surface area contributed by atoms with Gasteiger partial charge in [-0.15, -0.1) is 0 Å². The van der Waals surface area contributed by atoms with Gasteiger partial charge in [0, 0.05) is 29.9 Å². The highest BCUT2D eigenvalue weighted by atomic mass is 16.5. The smallest absolute Gasteiger partial charge is 0.407 e. The van der Waals surface area contributed by atoms with Gasteiger partial charge < -0.3 is 24.3 Å². The van der Waals surface area contributed by atoms with Crippen molar-refractivity contribution < 1.29 is 28.6 Å². The van der Waals surface area contributed by atoms with E-state index in [0.29, 0.717) is 16.7 Å². The molecule has 36 heavy (non-hydrogen) atoms. The normalized spacial score (nSPS) is 13.0. The molecule has 1 amide bonds. The van der Waals surface area contributed by atoms with E-state index < -0.39 is 23.7 Å². The lowest BCUT2D eigenvalue weighted by atomic mass is 9.98. The molecular formula is C28H23NO7. The van der Waals surface area contributed by atoms with Crippen molar-refractivity contribution in [2.45, 2.75) is 18.4 Å². The van der Waals surface area contributed by atoms with Crippen LogP contribution < -0.4 is 15.7 Å². The molecule has 5 rings (SSSR count). The van der Waals surface area contributed by atoms with E-state index in [9.17, 15) is 19.5 Å². The largest absolute Gasteiger partial charge is 0.497 e. The van der Waals surface area contributed by atoms with Gasteiger partial charge in [0.2, 0.25) is 0 Å². The first kappa shape index (κ1) is 23.2. The molecule has 0 fully saturated rings. The first-order valence-electron chi connectivity index (χ1n) is 11.4. The summed E-state index contributed by atoms with van der Waals surface area (Å²) in [5.74, 6) is -0.906. The lowest BCUT2D eigenvalue weighted by Crippen LogP contribution is -2.43. The number of aliphatic carboxylic acids is 1. The Bertz CT molecular complexity index is 1480. The number of rotatable bonds is 7. The fourth-order valence-corrected chi connectivity index (χ4v) is 4.71. The topological polar surface area (TPSA) is 115 Å². The molecule has 8 nitrogen and oxygen atoms in total. The summed E-state index contributed by atoms with van der Waals surface area (Å²) in [6.45, 7) is 0.0594. The van der Waals surface area contributed by atoms with Crippen LogP contribution in [0.1, 0.15) is 22.6 Å². The van der Waals surface area contributed by atoms with Crippen LogP contribution in [0, 0.1) is 0 Å². The number of carboxylic acids is 1. The second kappa shape index (κ2) is 9.58. The summed E-state index contributed by atoms with van der Waals surface area (Å²) in [5, 5.41) is 12.7. The number of fused-ring (bicyclic) bond motifs is 4. The number of ether oxygens (including phenoxy) is 2. The van der Waals surface area contributed by atoms with Gasteiger partial charge in [-0.3, -0.25) is 0 Å². The van der Waals surface area contributed by atoms with E-state index in [2.05, 4.69) is 5.32 Å². The molecule has 1 aliphatic rings. The van der Waals surface area contributed by atoms with E-state index in [4.69, 9.17) is 13.9 Å². The quantitative estimate of drug-likeness (QED) is 0.374. The number of carbonyl (C=O) groups is 2. The Hall–Kier alpha value is -4.59. The summed E-state index contributed by atoms with van der Waals surface area (Å²) in [7, 11) is 1.49. The Morgan fingerprint density at radius 3 is 2.31 bits per heavy atom. The molecule has 1 aliphatic carbocycles. The summed E-state index contributed by atoms with van der Waals surface area (Å²) in [6.07, 6.45) is -0.980. The molecule has 0 saturated carbocycles. The zero-order valence-corrected chi connectivity index (χ0v) is 19.4. The van der Waals surface area contributed by atoms with Crippen LogP contribution >= 0.6 is 0 Å². The lowest BCUT2D eigenvalue weighted by molar-refractivity contribution is -0.139. The summed E-state index contributed by atoms with van der Waals surface area (Å²) >= 11 is 0. The van der Waals surface area contributed by atoms with Gasteiger partial charge in [-0.05, 0) is 39.9 Å². The Balaban J connectivity index is 1.32. The average Bonchev–Trinajstić information content (AvgIpc) is 3.20. The lowest BCUT2D eigenvalue weighted by Gasteiger charge is -2.18. The van der Waals surface area contributed by atoms with E-state index in [1.165, 1.54) is 13.2 Å². The van der Waals surface area contributed by atoms with Gasteiger partial charge in [0.1, 0.15) is 24.0 Å². The molecule has 1 heterocycles. The maximum absolute atomic E-state index is 12.6. The number of alkyl carbamates (subject to hydrolysis) is 1. The molecular weight excluding hydrogens is 462 g/mol. The highest BCUT2D eigenvalue weighted by Gasteiger charge is 2.30. The van der Waals surface area contributed by atoms with Crippen molar-refractivity contribution in [1.29, 1.82) is 0 Å². The van der Waals surface area contributed by atoms with E-state index >= 15 is 0 Å². The van der Waals surface area contributed by atoms with Crippen molar-refractivity contribution in [2.75, 3.05) is 13.7 Å². The van der Waals surface area contributed by atoms with Crippen LogP contribution in [0.5, 0.6) is 5.75 Å². The van der Waals surface area contributed by atoms with Crippen molar-refractivity contribution in [3.05, 3.63) is 99.9 Å². The SMILES string of the molecule is COc1ccc2c(CC(NC(=O)OCC3c4ccccc4-c4ccccc43)C(=O)O)cc(=O)oc2c1. The maximum Gasteiger partial charge on any atom is 0.407 e. The second-order valence-corrected chi connectivity index (χ2v) is 8.52. The number of carboxylic acid groups (broad SMARTS) is 1. The van der Waals surface area contributed by atoms with E-state index in [1.807, 2.05) is 48.5 Å². The molecule has 1 unspecified atom stereocenters. The molecule has 0 bridgehead atoms. The molecule has 4 aromatic rings. The van der Waals surface area contributed by atoms with Crippen LogP contribution in [0.4, 0.5) is 4.79 Å². The molecule has 3 aromatic carbocycles. The predicted octanol–water partition coefficient (Wildman–Crippen LogP) is 4.34. The minimum absolute atomic E-state index is 0.0594. The third kappa shape index (κ3) is 4.40. The van der Waals surface area contributed by atoms with Crippen LogP contribution in [-0.4, -0.2) is 36.9 Å². The van der Waals surface area contributed by atoms with Crippen LogP contribution in [0.25, 0.3) is 22.1 Å². The van der Waals surface area contributed by atoms with Crippen molar-refractivity contribution in [3.63, 3.8) is 0 Å². The van der Waals surface area contributed by atoms with Gasteiger partial charge in [0.25, 0.3) is 0 Å². The van der Waals surface area contributed by atoms with Gasteiger partial charge >= 0.3 is 17.7 Å². The summed E-state index contributed by atoms with van der Waals surface area (Å²) in [5.41, 5.74) is 4.36. The number of hydrogen-bond acceptors (Lipinski definition) is 6. The van der Waals surface area contributed by atoms with Gasteiger partial charge in [0.05, 0.1) is 7.11 Å². The molecule has 182 valence electrons. The number of hydrogen-bond donors (Lipinski definition) is 2. The average molecular weight is 485 g/mol. The Kier molecular flexibility index (Phi) is 6.16. The summed E-state index contributed by atoms with van der Waals surface area (Å²) in [6, 6.07) is 20.7. The molecule has 0 spiro atoms. The first-order chi connectivity index (χ1) is 17.4. The molecule has 0 saturated heterocycles. The zero-order chi connectivity index (χ0) is 25.2. The molecule has 0 radical (unpaired) electrons.